The summed E-state index contributed by atoms with van der Waals surface area (Å²) in [5, 5.41) is 11.7. The molecule has 0 aromatic carbocycles. The summed E-state index contributed by atoms with van der Waals surface area (Å²) in [6, 6.07) is 0. The van der Waals surface area contributed by atoms with Gasteiger partial charge in [0, 0.05) is 13.0 Å². The number of carboxylic acid groups (broad SMARTS) is 1. The standard InChI is InChI=1S/C13H21N3O3/c1-3-19-13-10(2)12(15-9-16-13)14-8-6-4-5-7-11(17)18/h9H,3-8H2,1-2H3,(H,17,18)(H,14,15,16). The average Bonchev–Trinajstić information content (AvgIpc) is 2.37. The van der Waals surface area contributed by atoms with E-state index in [-0.39, 0.29) is 6.42 Å². The Kier molecular flexibility index (Phi) is 6.63. The van der Waals surface area contributed by atoms with E-state index in [0.29, 0.717) is 18.9 Å². The normalized spacial score (nSPS) is 10.2. The van der Waals surface area contributed by atoms with Crippen LogP contribution >= 0.6 is 0 Å². The van der Waals surface area contributed by atoms with E-state index in [1.165, 1.54) is 6.33 Å². The smallest absolute Gasteiger partial charge is 0.303 e. The number of carboxylic acids is 1. The highest BCUT2D eigenvalue weighted by Crippen LogP contribution is 2.20. The number of hydrogen-bond acceptors (Lipinski definition) is 5. The molecular formula is C13H21N3O3. The Morgan fingerprint density at radius 3 is 2.84 bits per heavy atom. The largest absolute Gasteiger partial charge is 0.481 e. The van der Waals surface area contributed by atoms with E-state index in [9.17, 15) is 4.79 Å². The summed E-state index contributed by atoms with van der Waals surface area (Å²) >= 11 is 0. The summed E-state index contributed by atoms with van der Waals surface area (Å²) in [5.41, 5.74) is 0.898. The summed E-state index contributed by atoms with van der Waals surface area (Å²) in [5.74, 6) is 0.642. The maximum atomic E-state index is 10.4. The van der Waals surface area contributed by atoms with Crippen LogP contribution in [0.15, 0.2) is 6.33 Å². The predicted molar refractivity (Wildman–Crippen MR) is 72.5 cm³/mol. The van der Waals surface area contributed by atoms with Crippen molar-refractivity contribution >= 4 is 11.8 Å². The highest BCUT2D eigenvalue weighted by atomic mass is 16.5. The van der Waals surface area contributed by atoms with Crippen LogP contribution in [-0.2, 0) is 4.79 Å². The van der Waals surface area contributed by atoms with Crippen LogP contribution in [0.2, 0.25) is 0 Å². The first-order valence-electron chi connectivity index (χ1n) is 6.55. The monoisotopic (exact) mass is 267 g/mol. The number of anilines is 1. The second kappa shape index (κ2) is 8.29. The van der Waals surface area contributed by atoms with Crippen LogP contribution in [0.25, 0.3) is 0 Å². The first kappa shape index (κ1) is 15.2. The van der Waals surface area contributed by atoms with Gasteiger partial charge in [0.15, 0.2) is 0 Å². The third-order valence-corrected chi connectivity index (χ3v) is 2.68. The van der Waals surface area contributed by atoms with Crippen LogP contribution in [0.3, 0.4) is 0 Å². The Bertz CT molecular complexity index is 410. The molecular weight excluding hydrogens is 246 g/mol. The first-order chi connectivity index (χ1) is 9.15. The van der Waals surface area contributed by atoms with Crippen molar-refractivity contribution < 1.29 is 14.6 Å². The molecule has 0 aliphatic rings. The van der Waals surface area contributed by atoms with E-state index in [4.69, 9.17) is 9.84 Å². The summed E-state index contributed by atoms with van der Waals surface area (Å²) in [6.07, 6.45) is 4.23. The minimum Gasteiger partial charge on any atom is -0.481 e. The Balaban J connectivity index is 2.33. The van der Waals surface area contributed by atoms with Gasteiger partial charge in [-0.05, 0) is 26.7 Å². The van der Waals surface area contributed by atoms with E-state index < -0.39 is 5.97 Å². The molecule has 1 rings (SSSR count). The van der Waals surface area contributed by atoms with Crippen molar-refractivity contribution in [2.45, 2.75) is 39.5 Å². The van der Waals surface area contributed by atoms with Gasteiger partial charge >= 0.3 is 5.97 Å². The fraction of sp³-hybridized carbons (Fsp3) is 0.615. The molecule has 0 aliphatic heterocycles. The lowest BCUT2D eigenvalue weighted by Gasteiger charge is -2.11. The van der Waals surface area contributed by atoms with Crippen molar-refractivity contribution in [1.29, 1.82) is 0 Å². The topological polar surface area (TPSA) is 84.3 Å². The van der Waals surface area contributed by atoms with Gasteiger partial charge < -0.3 is 15.2 Å². The molecule has 0 radical (unpaired) electrons. The first-order valence-corrected chi connectivity index (χ1v) is 6.55. The molecule has 19 heavy (non-hydrogen) atoms. The van der Waals surface area contributed by atoms with Gasteiger partial charge in [0.2, 0.25) is 5.88 Å². The molecule has 1 aromatic rings. The minimum atomic E-state index is -0.735. The van der Waals surface area contributed by atoms with Crippen LogP contribution in [0.1, 0.15) is 38.2 Å². The predicted octanol–water partition coefficient (Wildman–Crippen LogP) is 2.24. The summed E-state index contributed by atoms with van der Waals surface area (Å²) in [6.45, 7) is 5.17. The van der Waals surface area contributed by atoms with Gasteiger partial charge in [0.05, 0.1) is 12.2 Å². The van der Waals surface area contributed by atoms with Crippen LogP contribution in [0, 0.1) is 6.92 Å². The van der Waals surface area contributed by atoms with Crippen LogP contribution in [0.4, 0.5) is 5.82 Å². The lowest BCUT2D eigenvalue weighted by molar-refractivity contribution is -0.137. The van der Waals surface area contributed by atoms with Crippen molar-refractivity contribution in [3.63, 3.8) is 0 Å². The molecule has 6 nitrogen and oxygen atoms in total. The lowest BCUT2D eigenvalue weighted by Crippen LogP contribution is -2.07. The third kappa shape index (κ3) is 5.54. The number of hydrogen-bond donors (Lipinski definition) is 2. The molecule has 106 valence electrons. The van der Waals surface area contributed by atoms with Gasteiger partial charge in [-0.25, -0.2) is 9.97 Å². The SMILES string of the molecule is CCOc1ncnc(NCCCCCC(=O)O)c1C. The fourth-order valence-corrected chi connectivity index (χ4v) is 1.68. The summed E-state index contributed by atoms with van der Waals surface area (Å²) in [4.78, 5) is 18.6. The zero-order valence-corrected chi connectivity index (χ0v) is 11.5. The molecule has 1 heterocycles. The van der Waals surface area contributed by atoms with Crippen molar-refractivity contribution in [2.75, 3.05) is 18.5 Å². The Labute approximate surface area is 113 Å². The van der Waals surface area contributed by atoms with E-state index in [1.807, 2.05) is 13.8 Å². The number of unbranched alkanes of at least 4 members (excludes halogenated alkanes) is 2. The summed E-state index contributed by atoms with van der Waals surface area (Å²) < 4.78 is 5.39. The van der Waals surface area contributed by atoms with Crippen LogP contribution < -0.4 is 10.1 Å². The molecule has 0 amide bonds. The van der Waals surface area contributed by atoms with E-state index in [2.05, 4.69) is 15.3 Å². The number of carbonyl (C=O) groups is 1. The Hall–Kier alpha value is -1.85. The number of aromatic nitrogens is 2. The fourth-order valence-electron chi connectivity index (χ4n) is 1.68. The van der Waals surface area contributed by atoms with Gasteiger partial charge in [-0.15, -0.1) is 0 Å². The quantitative estimate of drug-likeness (QED) is 0.667. The minimum absolute atomic E-state index is 0.237. The Morgan fingerprint density at radius 1 is 1.37 bits per heavy atom. The van der Waals surface area contributed by atoms with E-state index in [1.54, 1.807) is 0 Å². The molecule has 0 bridgehead atoms. The van der Waals surface area contributed by atoms with Crippen molar-refractivity contribution in [3.8, 4) is 5.88 Å². The van der Waals surface area contributed by atoms with Gasteiger partial charge in [0.25, 0.3) is 0 Å². The number of nitrogens with zero attached hydrogens (tertiary/aromatic N) is 2. The number of nitrogens with one attached hydrogen (secondary N) is 1. The molecule has 0 saturated carbocycles. The summed E-state index contributed by atoms with van der Waals surface area (Å²) in [7, 11) is 0. The average molecular weight is 267 g/mol. The van der Waals surface area contributed by atoms with Gasteiger partial charge in [-0.3, -0.25) is 4.79 Å². The van der Waals surface area contributed by atoms with Gasteiger partial charge in [0.1, 0.15) is 12.1 Å². The molecule has 0 fully saturated rings. The van der Waals surface area contributed by atoms with Crippen LogP contribution in [-0.4, -0.2) is 34.2 Å². The molecule has 0 saturated heterocycles. The molecule has 0 unspecified atom stereocenters. The maximum Gasteiger partial charge on any atom is 0.303 e. The molecule has 0 spiro atoms. The highest BCUT2D eigenvalue weighted by Gasteiger charge is 2.06. The molecule has 1 aromatic heterocycles. The molecule has 6 heteroatoms. The van der Waals surface area contributed by atoms with E-state index >= 15 is 0 Å². The molecule has 0 aliphatic carbocycles. The molecule has 0 atom stereocenters. The van der Waals surface area contributed by atoms with Gasteiger partial charge in [-0.1, -0.05) is 6.42 Å². The van der Waals surface area contributed by atoms with Crippen molar-refractivity contribution in [3.05, 3.63) is 11.9 Å². The second-order valence-corrected chi connectivity index (χ2v) is 4.22. The number of ether oxygens (including phenoxy) is 1. The molecule has 2 N–H and O–H groups in total. The zero-order chi connectivity index (χ0) is 14.1. The number of aliphatic carboxylic acids is 1. The van der Waals surface area contributed by atoms with Crippen molar-refractivity contribution in [1.82, 2.24) is 9.97 Å². The van der Waals surface area contributed by atoms with Crippen LogP contribution in [0.5, 0.6) is 5.88 Å². The van der Waals surface area contributed by atoms with E-state index in [0.717, 1.165) is 30.8 Å². The lowest BCUT2D eigenvalue weighted by atomic mass is 10.2. The highest BCUT2D eigenvalue weighted by molar-refractivity contribution is 5.66. The maximum absolute atomic E-state index is 10.4. The number of rotatable bonds is 9. The van der Waals surface area contributed by atoms with Crippen molar-refractivity contribution in [2.24, 2.45) is 0 Å². The van der Waals surface area contributed by atoms with Gasteiger partial charge in [-0.2, -0.15) is 0 Å². The Morgan fingerprint density at radius 2 is 2.16 bits per heavy atom. The third-order valence-electron chi connectivity index (χ3n) is 2.68. The second-order valence-electron chi connectivity index (χ2n) is 4.22. The zero-order valence-electron chi connectivity index (χ0n) is 11.5.